The number of methoxy groups -OCH3 is 1. The Morgan fingerprint density at radius 2 is 1.87 bits per heavy atom. The van der Waals surface area contributed by atoms with Gasteiger partial charge in [0.15, 0.2) is 0 Å². The summed E-state index contributed by atoms with van der Waals surface area (Å²) in [5.74, 6) is -1.78. The number of hydrogen-bond acceptors (Lipinski definition) is 3. The molecule has 2 N–H and O–H groups in total. The van der Waals surface area contributed by atoms with E-state index >= 15 is 0 Å². The molecule has 0 spiro atoms. The Labute approximate surface area is 89.8 Å². The van der Waals surface area contributed by atoms with Gasteiger partial charge in [0.25, 0.3) is 0 Å². The highest BCUT2D eigenvalue weighted by Crippen LogP contribution is 2.04. The quantitative estimate of drug-likeness (QED) is 0.679. The van der Waals surface area contributed by atoms with Crippen LogP contribution in [0.2, 0.25) is 0 Å². The van der Waals surface area contributed by atoms with Crippen molar-refractivity contribution in [2.45, 2.75) is 26.8 Å². The lowest BCUT2D eigenvalue weighted by molar-refractivity contribution is -0.144. The first kappa shape index (κ1) is 13.9. The lowest BCUT2D eigenvalue weighted by Crippen LogP contribution is -2.46. The molecule has 0 aliphatic rings. The van der Waals surface area contributed by atoms with Crippen LogP contribution >= 0.6 is 0 Å². The number of amides is 1. The normalized spacial score (nSPS) is 14.7. The van der Waals surface area contributed by atoms with E-state index in [2.05, 4.69) is 5.32 Å². The van der Waals surface area contributed by atoms with E-state index in [1.54, 1.807) is 20.8 Å². The maximum Gasteiger partial charge on any atom is 0.326 e. The molecule has 0 saturated carbocycles. The fourth-order valence-electron chi connectivity index (χ4n) is 1.13. The van der Waals surface area contributed by atoms with Gasteiger partial charge < -0.3 is 15.2 Å². The second kappa shape index (κ2) is 6.40. The van der Waals surface area contributed by atoms with E-state index in [-0.39, 0.29) is 24.3 Å². The lowest BCUT2D eigenvalue weighted by Gasteiger charge is -2.20. The molecule has 5 heteroatoms. The second-order valence-corrected chi connectivity index (χ2v) is 3.92. The molecule has 0 aliphatic heterocycles. The van der Waals surface area contributed by atoms with Crippen molar-refractivity contribution in [3.05, 3.63) is 0 Å². The largest absolute Gasteiger partial charge is 0.480 e. The highest BCUT2D eigenvalue weighted by Gasteiger charge is 2.25. The number of carbonyl (C=O) groups is 2. The molecule has 0 aromatic heterocycles. The van der Waals surface area contributed by atoms with Crippen LogP contribution in [0.25, 0.3) is 0 Å². The van der Waals surface area contributed by atoms with Gasteiger partial charge in [-0.1, -0.05) is 20.8 Å². The van der Waals surface area contributed by atoms with Gasteiger partial charge in [0.05, 0.1) is 12.5 Å². The van der Waals surface area contributed by atoms with Crippen molar-refractivity contribution in [2.24, 2.45) is 11.8 Å². The zero-order chi connectivity index (χ0) is 12.0. The van der Waals surface area contributed by atoms with Crippen LogP contribution in [0, 0.1) is 11.8 Å². The molecule has 2 unspecified atom stereocenters. The highest BCUT2D eigenvalue weighted by atomic mass is 16.5. The average Bonchev–Trinajstić information content (AvgIpc) is 2.12. The Morgan fingerprint density at radius 1 is 1.33 bits per heavy atom. The van der Waals surface area contributed by atoms with Gasteiger partial charge in [-0.3, -0.25) is 4.79 Å². The van der Waals surface area contributed by atoms with Crippen LogP contribution in [0.3, 0.4) is 0 Å². The summed E-state index contributed by atoms with van der Waals surface area (Å²) < 4.78 is 4.82. The Bertz CT molecular complexity index is 227. The van der Waals surface area contributed by atoms with Gasteiger partial charge in [-0.2, -0.15) is 0 Å². The number of carbonyl (C=O) groups excluding carboxylic acids is 1. The molecule has 0 aromatic rings. The molecule has 0 bridgehead atoms. The van der Waals surface area contributed by atoms with Gasteiger partial charge in [-0.05, 0) is 5.92 Å². The first-order chi connectivity index (χ1) is 6.90. The molecule has 88 valence electrons. The summed E-state index contributed by atoms with van der Waals surface area (Å²) in [5.41, 5.74) is 0. The van der Waals surface area contributed by atoms with Crippen molar-refractivity contribution in [3.63, 3.8) is 0 Å². The van der Waals surface area contributed by atoms with Gasteiger partial charge in [0.2, 0.25) is 5.91 Å². The summed E-state index contributed by atoms with van der Waals surface area (Å²) in [7, 11) is 1.50. The van der Waals surface area contributed by atoms with Crippen LogP contribution in [0.15, 0.2) is 0 Å². The third kappa shape index (κ3) is 4.78. The fourth-order valence-corrected chi connectivity index (χ4v) is 1.13. The van der Waals surface area contributed by atoms with Crippen molar-refractivity contribution in [3.8, 4) is 0 Å². The van der Waals surface area contributed by atoms with E-state index < -0.39 is 12.0 Å². The minimum atomic E-state index is -1.01. The predicted octanol–water partition coefficient (Wildman–Crippen LogP) is 0.494. The Morgan fingerprint density at radius 3 is 2.20 bits per heavy atom. The number of rotatable bonds is 6. The number of carboxylic acid groups (broad SMARTS) is 1. The van der Waals surface area contributed by atoms with E-state index in [0.717, 1.165) is 0 Å². The summed E-state index contributed by atoms with van der Waals surface area (Å²) in [5, 5.41) is 11.3. The fraction of sp³-hybridized carbons (Fsp3) is 0.800. The SMILES string of the molecule is COCC(C)C(=O)NC(C(=O)O)C(C)C. The first-order valence-corrected chi connectivity index (χ1v) is 4.92. The van der Waals surface area contributed by atoms with Crippen LogP contribution in [-0.4, -0.2) is 36.7 Å². The number of nitrogens with one attached hydrogen (secondary N) is 1. The predicted molar refractivity (Wildman–Crippen MR) is 55.4 cm³/mol. The van der Waals surface area contributed by atoms with Gasteiger partial charge >= 0.3 is 5.97 Å². The molecule has 0 rings (SSSR count). The van der Waals surface area contributed by atoms with E-state index in [1.807, 2.05) is 0 Å². The maximum atomic E-state index is 11.5. The number of ether oxygens (including phenoxy) is 1. The van der Waals surface area contributed by atoms with Crippen LogP contribution in [-0.2, 0) is 14.3 Å². The lowest BCUT2D eigenvalue weighted by atomic mass is 10.0. The molecule has 0 radical (unpaired) electrons. The molecule has 15 heavy (non-hydrogen) atoms. The number of hydrogen-bond donors (Lipinski definition) is 2. The van der Waals surface area contributed by atoms with Crippen LogP contribution < -0.4 is 5.32 Å². The Hall–Kier alpha value is -1.10. The number of carboxylic acids is 1. The molecule has 0 fully saturated rings. The molecule has 0 aromatic carbocycles. The van der Waals surface area contributed by atoms with E-state index in [9.17, 15) is 9.59 Å². The van der Waals surface area contributed by atoms with Crippen molar-refractivity contribution in [1.29, 1.82) is 0 Å². The van der Waals surface area contributed by atoms with Gasteiger partial charge in [0, 0.05) is 7.11 Å². The average molecular weight is 217 g/mol. The summed E-state index contributed by atoms with van der Waals surface area (Å²) in [4.78, 5) is 22.3. The molecular weight excluding hydrogens is 198 g/mol. The second-order valence-electron chi connectivity index (χ2n) is 3.92. The third-order valence-corrected chi connectivity index (χ3v) is 2.09. The first-order valence-electron chi connectivity index (χ1n) is 4.92. The van der Waals surface area contributed by atoms with Gasteiger partial charge in [0.1, 0.15) is 6.04 Å². The third-order valence-electron chi connectivity index (χ3n) is 2.09. The van der Waals surface area contributed by atoms with E-state index in [4.69, 9.17) is 9.84 Å². The summed E-state index contributed by atoms with van der Waals surface area (Å²) in [6.45, 7) is 5.48. The topological polar surface area (TPSA) is 75.6 Å². The molecule has 0 saturated heterocycles. The molecular formula is C10H19NO4. The minimum Gasteiger partial charge on any atom is -0.480 e. The Balaban J connectivity index is 4.29. The van der Waals surface area contributed by atoms with E-state index in [1.165, 1.54) is 7.11 Å². The number of aliphatic carboxylic acids is 1. The van der Waals surface area contributed by atoms with Crippen molar-refractivity contribution in [1.82, 2.24) is 5.32 Å². The summed E-state index contributed by atoms with van der Waals surface area (Å²) in [6.07, 6.45) is 0. The maximum absolute atomic E-state index is 11.5. The van der Waals surface area contributed by atoms with Crippen LogP contribution in [0.1, 0.15) is 20.8 Å². The van der Waals surface area contributed by atoms with Crippen LogP contribution in [0.4, 0.5) is 0 Å². The van der Waals surface area contributed by atoms with Crippen molar-refractivity contribution >= 4 is 11.9 Å². The standard InChI is InChI=1S/C10H19NO4/c1-6(2)8(10(13)14)11-9(12)7(3)5-15-4/h6-8H,5H2,1-4H3,(H,11,12)(H,13,14). The zero-order valence-electron chi connectivity index (χ0n) is 9.61. The summed E-state index contributed by atoms with van der Waals surface area (Å²) in [6, 6.07) is -0.836. The van der Waals surface area contributed by atoms with Crippen molar-refractivity contribution in [2.75, 3.05) is 13.7 Å². The highest BCUT2D eigenvalue weighted by molar-refractivity contribution is 5.84. The molecule has 5 nitrogen and oxygen atoms in total. The molecule has 2 atom stereocenters. The van der Waals surface area contributed by atoms with Gasteiger partial charge in [-0.15, -0.1) is 0 Å². The van der Waals surface area contributed by atoms with E-state index in [0.29, 0.717) is 0 Å². The summed E-state index contributed by atoms with van der Waals surface area (Å²) >= 11 is 0. The molecule has 0 heterocycles. The zero-order valence-corrected chi connectivity index (χ0v) is 9.61. The smallest absolute Gasteiger partial charge is 0.326 e. The molecule has 1 amide bonds. The van der Waals surface area contributed by atoms with Gasteiger partial charge in [-0.25, -0.2) is 4.79 Å². The minimum absolute atomic E-state index is 0.138. The van der Waals surface area contributed by atoms with Crippen molar-refractivity contribution < 1.29 is 19.4 Å². The monoisotopic (exact) mass is 217 g/mol. The molecule has 0 aliphatic carbocycles. The Kier molecular flexibility index (Phi) is 5.93. The van der Waals surface area contributed by atoms with Crippen LogP contribution in [0.5, 0.6) is 0 Å².